The zero-order valence-corrected chi connectivity index (χ0v) is 14.1. The number of aromatic nitrogens is 3. The van der Waals surface area contributed by atoms with Crippen molar-refractivity contribution in [1.82, 2.24) is 14.8 Å². The Bertz CT molecular complexity index is 833. The minimum Gasteiger partial charge on any atom is -0.323 e. The van der Waals surface area contributed by atoms with Gasteiger partial charge in [-0.2, -0.15) is 0 Å². The molecule has 2 aliphatic rings. The third-order valence-electron chi connectivity index (χ3n) is 5.11. The Morgan fingerprint density at radius 2 is 2.00 bits per heavy atom. The van der Waals surface area contributed by atoms with Gasteiger partial charge in [-0.15, -0.1) is 10.2 Å². The summed E-state index contributed by atoms with van der Waals surface area (Å²) in [5, 5.41) is 10.9. The van der Waals surface area contributed by atoms with E-state index >= 15 is 0 Å². The average molecular weight is 346 g/mol. The third kappa shape index (κ3) is 3.03. The number of carbonyl (C=O) groups is 1. The summed E-state index contributed by atoms with van der Waals surface area (Å²) in [6, 6.07) is 2.14. The Balaban J connectivity index is 1.69. The lowest BCUT2D eigenvalue weighted by Gasteiger charge is -2.11. The van der Waals surface area contributed by atoms with Crippen LogP contribution in [0.4, 0.5) is 14.5 Å². The highest BCUT2D eigenvalue weighted by molar-refractivity contribution is 5.95. The van der Waals surface area contributed by atoms with Gasteiger partial charge < -0.3 is 9.88 Å². The maximum Gasteiger partial charge on any atom is 0.227 e. The van der Waals surface area contributed by atoms with E-state index in [1.165, 1.54) is 6.07 Å². The van der Waals surface area contributed by atoms with Crippen LogP contribution >= 0.6 is 0 Å². The highest BCUT2D eigenvalue weighted by Gasteiger charge is 2.39. The largest absolute Gasteiger partial charge is 0.323 e. The number of amides is 1. The standard InChI is InChI=1S/C18H20F2N4O/c1-10-7-11(10)18(25)21-15-8-12(13(19)9-14(15)20)17-23-22-16-5-3-2-4-6-24(16)17/h8-11H,2-7H2,1H3,(H,21,25). The number of fused-ring (bicyclic) bond motifs is 1. The lowest BCUT2D eigenvalue weighted by Crippen LogP contribution is -2.16. The van der Waals surface area contributed by atoms with Gasteiger partial charge in [0.05, 0.1) is 11.3 Å². The third-order valence-corrected chi connectivity index (χ3v) is 5.11. The molecule has 0 spiro atoms. The van der Waals surface area contributed by atoms with Crippen molar-refractivity contribution in [1.29, 1.82) is 0 Å². The second kappa shape index (κ2) is 6.20. The molecule has 132 valence electrons. The first-order valence-electron chi connectivity index (χ1n) is 8.77. The van der Waals surface area contributed by atoms with Crippen LogP contribution in [0.25, 0.3) is 11.4 Å². The molecule has 2 heterocycles. The Hall–Kier alpha value is -2.31. The highest BCUT2D eigenvalue weighted by Crippen LogP contribution is 2.39. The number of benzene rings is 1. The van der Waals surface area contributed by atoms with E-state index in [0.29, 0.717) is 11.7 Å². The quantitative estimate of drug-likeness (QED) is 0.925. The van der Waals surface area contributed by atoms with Gasteiger partial charge in [-0.1, -0.05) is 13.3 Å². The van der Waals surface area contributed by atoms with Crippen molar-refractivity contribution in [3.05, 3.63) is 29.6 Å². The molecule has 2 unspecified atom stereocenters. The second-order valence-electron chi connectivity index (χ2n) is 7.02. The van der Waals surface area contributed by atoms with E-state index in [-0.39, 0.29) is 23.1 Å². The number of carbonyl (C=O) groups excluding carboxylic acids is 1. The molecular weight excluding hydrogens is 326 g/mol. The average Bonchev–Trinajstić information content (AvgIpc) is 3.26. The van der Waals surface area contributed by atoms with Gasteiger partial charge in [0.2, 0.25) is 5.91 Å². The fraction of sp³-hybridized carbons (Fsp3) is 0.500. The predicted octanol–water partition coefficient (Wildman–Crippen LogP) is 3.54. The number of anilines is 1. The van der Waals surface area contributed by atoms with Crippen molar-refractivity contribution in [2.75, 3.05) is 5.32 Å². The lowest BCUT2D eigenvalue weighted by atomic mass is 10.1. The second-order valence-corrected chi connectivity index (χ2v) is 7.02. The maximum absolute atomic E-state index is 14.4. The van der Waals surface area contributed by atoms with Gasteiger partial charge >= 0.3 is 0 Å². The van der Waals surface area contributed by atoms with Crippen LogP contribution in [0.5, 0.6) is 0 Å². The number of aryl methyl sites for hydroxylation is 1. The van der Waals surface area contributed by atoms with Crippen molar-refractivity contribution >= 4 is 11.6 Å². The van der Waals surface area contributed by atoms with Crippen LogP contribution in [-0.4, -0.2) is 20.7 Å². The van der Waals surface area contributed by atoms with E-state index in [1.54, 1.807) is 0 Å². The van der Waals surface area contributed by atoms with Crippen LogP contribution in [0, 0.1) is 23.5 Å². The van der Waals surface area contributed by atoms with Crippen LogP contribution < -0.4 is 5.32 Å². The van der Waals surface area contributed by atoms with Crippen molar-refractivity contribution in [2.45, 2.75) is 45.6 Å². The first-order valence-corrected chi connectivity index (χ1v) is 8.77. The van der Waals surface area contributed by atoms with Crippen LogP contribution in [-0.2, 0) is 17.8 Å². The van der Waals surface area contributed by atoms with Gasteiger partial charge in [0.15, 0.2) is 5.82 Å². The molecule has 0 saturated heterocycles. The fourth-order valence-electron chi connectivity index (χ4n) is 3.41. The van der Waals surface area contributed by atoms with Crippen molar-refractivity contribution in [3.8, 4) is 11.4 Å². The van der Waals surface area contributed by atoms with Crippen LogP contribution in [0.15, 0.2) is 12.1 Å². The summed E-state index contributed by atoms with van der Waals surface area (Å²) in [6.07, 6.45) is 4.71. The Kier molecular flexibility index (Phi) is 4.01. The summed E-state index contributed by atoms with van der Waals surface area (Å²) in [6.45, 7) is 2.69. The molecule has 1 N–H and O–H groups in total. The number of hydrogen-bond acceptors (Lipinski definition) is 3. The molecule has 0 bridgehead atoms. The monoisotopic (exact) mass is 346 g/mol. The van der Waals surface area contributed by atoms with Gasteiger partial charge in [-0.25, -0.2) is 8.78 Å². The van der Waals surface area contributed by atoms with E-state index in [1.807, 2.05) is 11.5 Å². The summed E-state index contributed by atoms with van der Waals surface area (Å²) >= 11 is 0. The zero-order chi connectivity index (χ0) is 17.6. The summed E-state index contributed by atoms with van der Waals surface area (Å²) in [4.78, 5) is 12.1. The zero-order valence-electron chi connectivity index (χ0n) is 14.1. The van der Waals surface area contributed by atoms with Crippen molar-refractivity contribution in [2.24, 2.45) is 11.8 Å². The molecular formula is C18H20F2N4O. The maximum atomic E-state index is 14.4. The number of nitrogens with one attached hydrogen (secondary N) is 1. The molecule has 2 aromatic rings. The van der Waals surface area contributed by atoms with E-state index in [2.05, 4.69) is 15.5 Å². The van der Waals surface area contributed by atoms with Crippen LogP contribution in [0.1, 0.15) is 38.4 Å². The molecule has 7 heteroatoms. The molecule has 1 aliphatic carbocycles. The molecule has 1 fully saturated rings. The van der Waals surface area contributed by atoms with Crippen molar-refractivity contribution in [3.63, 3.8) is 0 Å². The Morgan fingerprint density at radius 1 is 1.20 bits per heavy atom. The first kappa shape index (κ1) is 16.2. The van der Waals surface area contributed by atoms with E-state index < -0.39 is 11.6 Å². The lowest BCUT2D eigenvalue weighted by molar-refractivity contribution is -0.117. The van der Waals surface area contributed by atoms with Crippen LogP contribution in [0.3, 0.4) is 0 Å². The van der Waals surface area contributed by atoms with E-state index in [4.69, 9.17) is 0 Å². The topological polar surface area (TPSA) is 59.8 Å². The minimum atomic E-state index is -0.779. The predicted molar refractivity (Wildman–Crippen MR) is 88.8 cm³/mol. The summed E-state index contributed by atoms with van der Waals surface area (Å²) in [5.74, 6) is -0.247. The van der Waals surface area contributed by atoms with Gasteiger partial charge in [0.25, 0.3) is 0 Å². The first-order chi connectivity index (χ1) is 12.0. The summed E-state index contributed by atoms with van der Waals surface area (Å²) in [5.41, 5.74) is 0.160. The summed E-state index contributed by atoms with van der Waals surface area (Å²) < 4.78 is 30.4. The normalized spacial score (nSPS) is 22.2. The molecule has 4 rings (SSSR count). The molecule has 0 radical (unpaired) electrons. The number of nitrogens with zero attached hydrogens (tertiary/aromatic N) is 3. The van der Waals surface area contributed by atoms with Crippen molar-refractivity contribution < 1.29 is 13.6 Å². The van der Waals surface area contributed by atoms with Gasteiger partial charge in [-0.3, -0.25) is 4.79 Å². The molecule has 5 nitrogen and oxygen atoms in total. The number of hydrogen-bond donors (Lipinski definition) is 1. The smallest absolute Gasteiger partial charge is 0.227 e. The SMILES string of the molecule is CC1CC1C(=O)Nc1cc(-c2nnc3n2CCCCC3)c(F)cc1F. The molecule has 2 atom stereocenters. The van der Waals surface area contributed by atoms with Gasteiger partial charge in [0.1, 0.15) is 17.5 Å². The molecule has 1 saturated carbocycles. The summed E-state index contributed by atoms with van der Waals surface area (Å²) in [7, 11) is 0. The van der Waals surface area contributed by atoms with Crippen LogP contribution in [0.2, 0.25) is 0 Å². The molecule has 1 aromatic carbocycles. The molecule has 1 aromatic heterocycles. The Labute approximate surface area is 144 Å². The van der Waals surface area contributed by atoms with E-state index in [0.717, 1.165) is 50.5 Å². The molecule has 1 amide bonds. The molecule has 1 aliphatic heterocycles. The Morgan fingerprint density at radius 3 is 2.76 bits per heavy atom. The van der Waals surface area contributed by atoms with E-state index in [9.17, 15) is 13.6 Å². The number of halogens is 2. The minimum absolute atomic E-state index is 0.00790. The van der Waals surface area contributed by atoms with Gasteiger partial charge in [0, 0.05) is 24.9 Å². The highest BCUT2D eigenvalue weighted by atomic mass is 19.1. The molecule has 25 heavy (non-hydrogen) atoms. The fourth-order valence-corrected chi connectivity index (χ4v) is 3.41. The van der Waals surface area contributed by atoms with Gasteiger partial charge in [-0.05, 0) is 31.2 Å². The number of rotatable bonds is 3.